The molecule has 3 heterocycles. The van der Waals surface area contributed by atoms with Crippen LogP contribution in [0.1, 0.15) is 24.7 Å². The van der Waals surface area contributed by atoms with E-state index in [1.165, 1.54) is 4.68 Å². The Balaban J connectivity index is 2.00. The summed E-state index contributed by atoms with van der Waals surface area (Å²) in [5, 5.41) is 5.97. The van der Waals surface area contributed by atoms with Crippen LogP contribution in [-0.2, 0) is 6.42 Å². The van der Waals surface area contributed by atoms with Crippen LogP contribution in [0.5, 0.6) is 5.75 Å². The van der Waals surface area contributed by atoms with Crippen molar-refractivity contribution in [3.63, 3.8) is 0 Å². The Hall–Kier alpha value is -3.15. The van der Waals surface area contributed by atoms with Gasteiger partial charge in [0.25, 0.3) is 5.56 Å². The van der Waals surface area contributed by atoms with Gasteiger partial charge in [-0.1, -0.05) is 19.1 Å². The normalized spacial score (nSPS) is 13.8. The quantitative estimate of drug-likeness (QED) is 0.718. The third kappa shape index (κ3) is 2.77. The first-order valence-electron chi connectivity index (χ1n) is 9.13. The van der Waals surface area contributed by atoms with Crippen molar-refractivity contribution in [3.8, 4) is 11.4 Å². The lowest BCUT2D eigenvalue weighted by Crippen LogP contribution is -2.29. The summed E-state index contributed by atoms with van der Waals surface area (Å²) in [4.78, 5) is 17.7. The standard InChI is InChI=1S/C21H22N4O2/c1-4-18-20-17(13-23-25(21(20)26)19-10-5-6-11-22-19)14(2)24(18)15-8-7-9-16(12-15)27-3/h5,7-10,12-13H,4,6,11H2,1-3H3. The number of dihydropyridines is 1. The van der Waals surface area contributed by atoms with Crippen molar-refractivity contribution in [1.82, 2.24) is 14.3 Å². The molecule has 0 amide bonds. The molecule has 1 aliphatic rings. The molecule has 0 saturated heterocycles. The molecule has 0 unspecified atom stereocenters. The summed E-state index contributed by atoms with van der Waals surface area (Å²) in [5.41, 5.74) is 2.81. The first kappa shape index (κ1) is 17.3. The van der Waals surface area contributed by atoms with Gasteiger partial charge >= 0.3 is 0 Å². The number of hydrogen-bond acceptors (Lipinski definition) is 4. The number of allylic oxidation sites excluding steroid dienone is 1. The maximum Gasteiger partial charge on any atom is 0.282 e. The van der Waals surface area contributed by atoms with E-state index in [2.05, 4.69) is 21.6 Å². The van der Waals surface area contributed by atoms with Gasteiger partial charge in [0.2, 0.25) is 0 Å². The first-order valence-corrected chi connectivity index (χ1v) is 9.13. The van der Waals surface area contributed by atoms with Gasteiger partial charge in [0.1, 0.15) is 5.75 Å². The van der Waals surface area contributed by atoms with E-state index in [0.717, 1.165) is 41.1 Å². The van der Waals surface area contributed by atoms with Crippen LogP contribution in [0.15, 0.2) is 52.4 Å². The van der Waals surface area contributed by atoms with Crippen molar-refractivity contribution < 1.29 is 4.74 Å². The Morgan fingerprint density at radius 1 is 1.30 bits per heavy atom. The van der Waals surface area contributed by atoms with Crippen LogP contribution in [-0.4, -0.2) is 33.8 Å². The molecule has 3 aromatic rings. The molecule has 0 saturated carbocycles. The molecule has 1 aromatic carbocycles. The minimum atomic E-state index is -0.126. The Morgan fingerprint density at radius 2 is 2.15 bits per heavy atom. The average molecular weight is 362 g/mol. The van der Waals surface area contributed by atoms with Crippen LogP contribution in [0.25, 0.3) is 16.5 Å². The number of rotatable bonds is 3. The van der Waals surface area contributed by atoms with E-state index in [0.29, 0.717) is 17.8 Å². The van der Waals surface area contributed by atoms with Crippen molar-refractivity contribution in [2.45, 2.75) is 26.7 Å². The fourth-order valence-corrected chi connectivity index (χ4v) is 3.67. The molecule has 4 rings (SSSR count). The lowest BCUT2D eigenvalue weighted by molar-refractivity contribution is 0.414. The predicted molar refractivity (Wildman–Crippen MR) is 107 cm³/mol. The smallest absolute Gasteiger partial charge is 0.282 e. The topological polar surface area (TPSA) is 61.4 Å². The van der Waals surface area contributed by atoms with Gasteiger partial charge in [-0.05, 0) is 38.0 Å². The van der Waals surface area contributed by atoms with E-state index in [1.807, 2.05) is 43.3 Å². The van der Waals surface area contributed by atoms with Gasteiger partial charge in [-0.15, -0.1) is 0 Å². The first-order chi connectivity index (χ1) is 13.2. The van der Waals surface area contributed by atoms with Gasteiger partial charge in [0.15, 0.2) is 5.84 Å². The minimum absolute atomic E-state index is 0.126. The molecule has 0 bridgehead atoms. The van der Waals surface area contributed by atoms with E-state index in [9.17, 15) is 4.79 Å². The van der Waals surface area contributed by atoms with E-state index >= 15 is 0 Å². The Bertz CT molecular complexity index is 1140. The summed E-state index contributed by atoms with van der Waals surface area (Å²) in [7, 11) is 1.65. The number of nitrogens with zero attached hydrogens (tertiary/aromatic N) is 4. The van der Waals surface area contributed by atoms with Gasteiger partial charge < -0.3 is 9.30 Å². The molecule has 0 N–H and O–H groups in total. The molecule has 0 atom stereocenters. The van der Waals surface area contributed by atoms with E-state index in [1.54, 1.807) is 13.3 Å². The Kier molecular flexibility index (Phi) is 4.39. The molecule has 0 spiro atoms. The molecule has 0 radical (unpaired) electrons. The summed E-state index contributed by atoms with van der Waals surface area (Å²) in [6.07, 6.45) is 7.28. The summed E-state index contributed by atoms with van der Waals surface area (Å²) < 4.78 is 8.90. The van der Waals surface area contributed by atoms with Crippen LogP contribution in [0.3, 0.4) is 0 Å². The molecule has 27 heavy (non-hydrogen) atoms. The number of benzene rings is 1. The van der Waals surface area contributed by atoms with Crippen LogP contribution in [0.4, 0.5) is 0 Å². The number of hydrogen-bond donors (Lipinski definition) is 0. The number of fused-ring (bicyclic) bond motifs is 1. The molecule has 2 aromatic heterocycles. The zero-order valence-corrected chi connectivity index (χ0v) is 15.8. The van der Waals surface area contributed by atoms with Gasteiger partial charge in [-0.3, -0.25) is 9.79 Å². The number of ether oxygens (including phenoxy) is 1. The Morgan fingerprint density at radius 3 is 2.85 bits per heavy atom. The van der Waals surface area contributed by atoms with Crippen molar-refractivity contribution in [2.24, 2.45) is 4.99 Å². The minimum Gasteiger partial charge on any atom is -0.497 e. The van der Waals surface area contributed by atoms with Gasteiger partial charge in [-0.25, -0.2) is 0 Å². The summed E-state index contributed by atoms with van der Waals surface area (Å²) in [6, 6.07) is 7.87. The third-order valence-corrected chi connectivity index (χ3v) is 4.96. The summed E-state index contributed by atoms with van der Waals surface area (Å²) in [5.74, 6) is 1.38. The van der Waals surface area contributed by atoms with E-state index in [4.69, 9.17) is 4.74 Å². The lowest BCUT2D eigenvalue weighted by atomic mass is 10.2. The highest BCUT2D eigenvalue weighted by molar-refractivity contribution is 5.97. The lowest BCUT2D eigenvalue weighted by Gasteiger charge is -2.12. The monoisotopic (exact) mass is 362 g/mol. The SMILES string of the molecule is CCc1c2c(=O)n(C3=NCCC=C3)ncc2c(C)n1-c1cccc(OC)c1. The number of aromatic nitrogens is 3. The number of aryl methyl sites for hydroxylation is 2. The van der Waals surface area contributed by atoms with E-state index < -0.39 is 0 Å². The summed E-state index contributed by atoms with van der Waals surface area (Å²) >= 11 is 0. The Labute approximate surface area is 157 Å². The molecule has 0 aliphatic carbocycles. The average Bonchev–Trinajstić information content (AvgIpc) is 3.01. The highest BCUT2D eigenvalue weighted by Crippen LogP contribution is 2.28. The molecular weight excluding hydrogens is 340 g/mol. The van der Waals surface area contributed by atoms with Crippen molar-refractivity contribution in [3.05, 3.63) is 64.4 Å². The fraction of sp³-hybridized carbons (Fsp3) is 0.286. The van der Waals surface area contributed by atoms with Crippen LogP contribution < -0.4 is 10.3 Å². The van der Waals surface area contributed by atoms with Crippen LogP contribution in [0.2, 0.25) is 0 Å². The zero-order chi connectivity index (χ0) is 19.0. The molecule has 1 aliphatic heterocycles. The van der Waals surface area contributed by atoms with Crippen molar-refractivity contribution in [2.75, 3.05) is 13.7 Å². The number of aliphatic imine (C=N–C) groups is 1. The second-order valence-electron chi connectivity index (χ2n) is 6.50. The number of methoxy groups -OCH3 is 1. The molecule has 0 fully saturated rings. The van der Waals surface area contributed by atoms with E-state index in [-0.39, 0.29) is 5.56 Å². The molecule has 6 nitrogen and oxygen atoms in total. The second kappa shape index (κ2) is 6.87. The highest BCUT2D eigenvalue weighted by atomic mass is 16.5. The van der Waals surface area contributed by atoms with Gasteiger partial charge in [0.05, 0.1) is 18.7 Å². The second-order valence-corrected chi connectivity index (χ2v) is 6.50. The van der Waals surface area contributed by atoms with Gasteiger partial charge in [0, 0.05) is 35.1 Å². The largest absolute Gasteiger partial charge is 0.497 e. The zero-order valence-electron chi connectivity index (χ0n) is 15.8. The van der Waals surface area contributed by atoms with Crippen molar-refractivity contribution >= 4 is 16.6 Å². The maximum absolute atomic E-state index is 13.3. The third-order valence-electron chi connectivity index (χ3n) is 4.96. The van der Waals surface area contributed by atoms with Crippen molar-refractivity contribution in [1.29, 1.82) is 0 Å². The highest BCUT2D eigenvalue weighted by Gasteiger charge is 2.20. The molecular formula is C21H22N4O2. The van der Waals surface area contributed by atoms with Crippen LogP contribution >= 0.6 is 0 Å². The molecule has 6 heteroatoms. The van der Waals surface area contributed by atoms with Crippen LogP contribution in [0, 0.1) is 6.92 Å². The molecule has 138 valence electrons. The summed E-state index contributed by atoms with van der Waals surface area (Å²) in [6.45, 7) is 4.76. The maximum atomic E-state index is 13.3. The predicted octanol–water partition coefficient (Wildman–Crippen LogP) is 3.27. The fourth-order valence-electron chi connectivity index (χ4n) is 3.67. The van der Waals surface area contributed by atoms with Gasteiger partial charge in [-0.2, -0.15) is 9.78 Å².